The van der Waals surface area contributed by atoms with Crippen LogP contribution in [0.2, 0.25) is 0 Å². The second-order valence-electron chi connectivity index (χ2n) is 13.1. The number of hydrogen-bond acceptors (Lipinski definition) is 5. The van der Waals surface area contributed by atoms with Gasteiger partial charge in [0.1, 0.15) is 12.3 Å². The lowest BCUT2D eigenvalue weighted by molar-refractivity contribution is -0.117. The van der Waals surface area contributed by atoms with Crippen LogP contribution in [0.1, 0.15) is 105 Å². The number of aldehydes is 1. The molecule has 0 aliphatic rings. The maximum Gasteiger partial charge on any atom is 0.251 e. The van der Waals surface area contributed by atoms with E-state index in [0.717, 1.165) is 55.4 Å². The first-order chi connectivity index (χ1) is 24.1. The molecule has 3 rings (SSSR count). The average Bonchev–Trinajstić information content (AvgIpc) is 3.41. The highest BCUT2D eigenvalue weighted by molar-refractivity contribution is 6.03. The normalized spacial score (nSPS) is 13.1. The zero-order valence-corrected chi connectivity index (χ0v) is 31.3. The summed E-state index contributed by atoms with van der Waals surface area (Å²) in [6.45, 7) is 15.2. The van der Waals surface area contributed by atoms with Gasteiger partial charge in [0.05, 0.1) is 12.9 Å². The molecule has 2 unspecified atom stereocenters. The third-order valence-corrected chi connectivity index (χ3v) is 9.12. The lowest BCUT2D eigenvalue weighted by Gasteiger charge is -2.19. The maximum absolute atomic E-state index is 13.6. The summed E-state index contributed by atoms with van der Waals surface area (Å²) in [5.41, 5.74) is 6.67. The van der Waals surface area contributed by atoms with Gasteiger partial charge in [-0.05, 0) is 100 Å². The van der Waals surface area contributed by atoms with Crippen LogP contribution in [0, 0.1) is 6.92 Å². The molecule has 2 atom stereocenters. The Morgan fingerprint density at radius 2 is 1.84 bits per heavy atom. The lowest BCUT2D eigenvalue weighted by atomic mass is 9.91. The molecular formula is C42H58N4O4. The number of aryl methyl sites for hydroxylation is 1. The van der Waals surface area contributed by atoms with Crippen LogP contribution in [0.4, 0.5) is 5.69 Å². The first-order valence-electron chi connectivity index (χ1n) is 18.2. The van der Waals surface area contributed by atoms with E-state index < -0.39 is 6.04 Å². The van der Waals surface area contributed by atoms with Crippen molar-refractivity contribution in [2.75, 3.05) is 32.1 Å². The molecule has 0 aliphatic heterocycles. The maximum atomic E-state index is 13.6. The third kappa shape index (κ3) is 11.6. The van der Waals surface area contributed by atoms with Crippen LogP contribution in [-0.2, 0) is 27.3 Å². The first kappa shape index (κ1) is 40.0. The number of amides is 2. The topological polar surface area (TPSA) is 92.7 Å². The van der Waals surface area contributed by atoms with E-state index in [4.69, 9.17) is 4.74 Å². The third-order valence-electron chi connectivity index (χ3n) is 9.12. The van der Waals surface area contributed by atoms with Crippen LogP contribution in [-0.4, -0.2) is 60.4 Å². The number of anilines is 1. The predicted molar refractivity (Wildman–Crippen MR) is 208 cm³/mol. The van der Waals surface area contributed by atoms with E-state index in [9.17, 15) is 14.4 Å². The zero-order chi connectivity index (χ0) is 36.5. The van der Waals surface area contributed by atoms with Crippen molar-refractivity contribution < 1.29 is 19.1 Å². The van der Waals surface area contributed by atoms with Crippen molar-refractivity contribution in [2.24, 2.45) is 0 Å². The SMILES string of the molecule is C/C=C\Cc1c(C(C)CCCCCC)c2ccc(C(=O)NC(C)C(=O)Nc3ccc(/C=C/C=O)c(C)c3)cc2n1CCN(C)C/C=C/OCC. The summed E-state index contributed by atoms with van der Waals surface area (Å²) in [5, 5.41) is 7.00. The van der Waals surface area contributed by atoms with Crippen molar-refractivity contribution in [3.8, 4) is 0 Å². The molecule has 50 heavy (non-hydrogen) atoms. The average molecular weight is 683 g/mol. The highest BCUT2D eigenvalue weighted by Crippen LogP contribution is 2.36. The molecule has 2 amide bonds. The summed E-state index contributed by atoms with van der Waals surface area (Å²) in [6.07, 6.45) is 18.9. The molecule has 8 nitrogen and oxygen atoms in total. The van der Waals surface area contributed by atoms with Crippen molar-refractivity contribution in [3.63, 3.8) is 0 Å². The van der Waals surface area contributed by atoms with Crippen LogP contribution in [0.15, 0.2) is 67.0 Å². The van der Waals surface area contributed by atoms with E-state index in [1.54, 1.807) is 25.3 Å². The molecule has 0 saturated carbocycles. The quantitative estimate of drug-likeness (QED) is 0.0386. The zero-order valence-electron chi connectivity index (χ0n) is 31.3. The number of unbranched alkanes of at least 4 members (excludes halogenated alkanes) is 3. The monoisotopic (exact) mass is 682 g/mol. The largest absolute Gasteiger partial charge is 0.502 e. The Balaban J connectivity index is 1.91. The van der Waals surface area contributed by atoms with Gasteiger partial charge in [-0.15, -0.1) is 0 Å². The van der Waals surface area contributed by atoms with Crippen LogP contribution in [0.25, 0.3) is 17.0 Å². The van der Waals surface area contributed by atoms with Gasteiger partial charge < -0.3 is 24.8 Å². The van der Waals surface area contributed by atoms with E-state index >= 15 is 0 Å². The summed E-state index contributed by atoms with van der Waals surface area (Å²) in [6, 6.07) is 10.7. The van der Waals surface area contributed by atoms with Gasteiger partial charge in [0.15, 0.2) is 0 Å². The fraction of sp³-hybridized carbons (Fsp3) is 0.452. The van der Waals surface area contributed by atoms with E-state index in [-0.39, 0.29) is 11.8 Å². The molecule has 0 aliphatic carbocycles. The number of allylic oxidation sites excluding steroid dienone is 3. The number of carbonyl (C=O) groups excluding carboxylic acids is 3. The minimum atomic E-state index is -0.762. The number of fused-ring (bicyclic) bond motifs is 1. The van der Waals surface area contributed by atoms with Gasteiger partial charge in [0.2, 0.25) is 5.91 Å². The van der Waals surface area contributed by atoms with Crippen molar-refractivity contribution in [1.82, 2.24) is 14.8 Å². The molecule has 1 aromatic heterocycles. The van der Waals surface area contributed by atoms with Gasteiger partial charge in [-0.3, -0.25) is 14.4 Å². The molecule has 2 aromatic carbocycles. The number of rotatable bonds is 21. The summed E-state index contributed by atoms with van der Waals surface area (Å²) < 4.78 is 7.78. The van der Waals surface area contributed by atoms with Gasteiger partial charge in [0.25, 0.3) is 5.91 Å². The van der Waals surface area contributed by atoms with E-state index in [0.29, 0.717) is 23.8 Å². The summed E-state index contributed by atoms with van der Waals surface area (Å²) in [5.74, 6) is -0.229. The molecule has 8 heteroatoms. The van der Waals surface area contributed by atoms with E-state index in [1.807, 2.05) is 44.2 Å². The molecule has 0 saturated heterocycles. The summed E-state index contributed by atoms with van der Waals surface area (Å²) in [7, 11) is 2.11. The molecule has 1 heterocycles. The first-order valence-corrected chi connectivity index (χ1v) is 18.2. The molecule has 270 valence electrons. The number of likely N-dealkylation sites (N-methyl/N-ethyl adjacent to an activating group) is 1. The molecule has 0 spiro atoms. The molecule has 0 fully saturated rings. The Kier molecular flexibility index (Phi) is 16.8. The van der Waals surface area contributed by atoms with Crippen LogP contribution >= 0.6 is 0 Å². The Hall–Kier alpha value is -4.43. The molecule has 0 radical (unpaired) electrons. The number of nitrogens with one attached hydrogen (secondary N) is 2. The Bertz CT molecular complexity index is 1650. The summed E-state index contributed by atoms with van der Waals surface area (Å²) >= 11 is 0. The van der Waals surface area contributed by atoms with Gasteiger partial charge >= 0.3 is 0 Å². The van der Waals surface area contributed by atoms with E-state index in [1.165, 1.54) is 48.4 Å². The van der Waals surface area contributed by atoms with Crippen molar-refractivity contribution >= 4 is 40.8 Å². The highest BCUT2D eigenvalue weighted by Gasteiger charge is 2.23. The number of nitrogens with zero attached hydrogens (tertiary/aromatic N) is 2. The Morgan fingerprint density at radius 3 is 2.54 bits per heavy atom. The molecular weight excluding hydrogens is 624 g/mol. The van der Waals surface area contributed by atoms with Crippen LogP contribution in [0.5, 0.6) is 0 Å². The fourth-order valence-corrected chi connectivity index (χ4v) is 6.28. The molecule has 2 N–H and O–H groups in total. The number of hydrogen-bond donors (Lipinski definition) is 2. The second-order valence-corrected chi connectivity index (χ2v) is 13.1. The van der Waals surface area contributed by atoms with Crippen molar-refractivity contribution in [2.45, 2.75) is 98.6 Å². The number of benzene rings is 2. The van der Waals surface area contributed by atoms with Crippen molar-refractivity contribution in [1.29, 1.82) is 0 Å². The van der Waals surface area contributed by atoms with E-state index in [2.05, 4.69) is 66.1 Å². The number of aromatic nitrogens is 1. The Labute approximate surface area is 299 Å². The lowest BCUT2D eigenvalue weighted by Crippen LogP contribution is -2.41. The van der Waals surface area contributed by atoms with Gasteiger partial charge in [-0.25, -0.2) is 0 Å². The molecule has 0 bridgehead atoms. The van der Waals surface area contributed by atoms with Crippen LogP contribution in [0.3, 0.4) is 0 Å². The highest BCUT2D eigenvalue weighted by atomic mass is 16.5. The van der Waals surface area contributed by atoms with Gasteiger partial charge in [-0.2, -0.15) is 0 Å². The minimum absolute atomic E-state index is 0.296. The summed E-state index contributed by atoms with van der Waals surface area (Å²) in [4.78, 5) is 39.7. The number of ether oxygens (including phenoxy) is 1. The number of carbonyl (C=O) groups is 3. The van der Waals surface area contributed by atoms with Gasteiger partial charge in [0, 0.05) is 53.9 Å². The van der Waals surface area contributed by atoms with Crippen LogP contribution < -0.4 is 10.6 Å². The minimum Gasteiger partial charge on any atom is -0.502 e. The Morgan fingerprint density at radius 1 is 1.04 bits per heavy atom. The second kappa shape index (κ2) is 20.9. The smallest absolute Gasteiger partial charge is 0.251 e. The fourth-order valence-electron chi connectivity index (χ4n) is 6.28. The molecule has 3 aromatic rings. The van der Waals surface area contributed by atoms with Crippen molar-refractivity contribution in [3.05, 3.63) is 94.9 Å². The van der Waals surface area contributed by atoms with Gasteiger partial charge in [-0.1, -0.05) is 69.9 Å². The predicted octanol–water partition coefficient (Wildman–Crippen LogP) is 8.59. The standard InChI is InChI=1S/C42H58N4O4/c1-8-11-13-14-17-31(4)40-37-23-21-35(30-39(37)46(38(40)19-12-9-2)26-25-45(7)24-16-28-50-10-3)42(49)43-33(6)41(48)44-36-22-20-34(18-15-27-47)32(5)29-36/h9,12,15-16,18,20-23,27-31,33H,8,10-11,13-14,17,19,24-26H2,1-7H3,(H,43,49)(H,44,48)/b12-9-,18-15+,28-16+.